The Morgan fingerprint density at radius 2 is 2.31 bits per heavy atom. The van der Waals surface area contributed by atoms with Crippen LogP contribution in [0, 0.1) is 5.82 Å². The second kappa shape index (κ2) is 4.32. The van der Waals surface area contributed by atoms with Gasteiger partial charge in [0.15, 0.2) is 0 Å². The zero-order valence-electron chi connectivity index (χ0n) is 9.21. The van der Waals surface area contributed by atoms with Gasteiger partial charge in [-0.05, 0) is 30.7 Å². The van der Waals surface area contributed by atoms with Gasteiger partial charge in [0.1, 0.15) is 11.4 Å². The van der Waals surface area contributed by atoms with Crippen molar-refractivity contribution in [3.05, 3.63) is 34.6 Å². The zero-order chi connectivity index (χ0) is 11.8. The van der Waals surface area contributed by atoms with Crippen LogP contribution in [0.15, 0.2) is 18.2 Å². The van der Waals surface area contributed by atoms with E-state index in [1.165, 1.54) is 12.1 Å². The van der Waals surface area contributed by atoms with Crippen molar-refractivity contribution >= 4 is 11.6 Å². The number of likely N-dealkylation sites (N-methyl/N-ethyl adjacent to an activating group) is 1. The summed E-state index contributed by atoms with van der Waals surface area (Å²) in [5, 5.41) is 10.5. The summed E-state index contributed by atoms with van der Waals surface area (Å²) >= 11 is 5.72. The van der Waals surface area contributed by atoms with E-state index >= 15 is 0 Å². The molecule has 2 rings (SSSR count). The molecule has 0 spiro atoms. The van der Waals surface area contributed by atoms with Crippen molar-refractivity contribution in [3.63, 3.8) is 0 Å². The highest BCUT2D eigenvalue weighted by atomic mass is 35.5. The molecule has 1 fully saturated rings. The summed E-state index contributed by atoms with van der Waals surface area (Å²) < 4.78 is 13.0. The molecule has 0 bridgehead atoms. The van der Waals surface area contributed by atoms with Gasteiger partial charge in [-0.2, -0.15) is 0 Å². The zero-order valence-corrected chi connectivity index (χ0v) is 9.97. The van der Waals surface area contributed by atoms with E-state index in [2.05, 4.69) is 11.8 Å². The van der Waals surface area contributed by atoms with Gasteiger partial charge in [-0.25, -0.2) is 4.39 Å². The second-order valence-electron chi connectivity index (χ2n) is 4.28. The molecule has 1 aliphatic heterocycles. The van der Waals surface area contributed by atoms with Gasteiger partial charge in [0, 0.05) is 13.1 Å². The number of rotatable bonds is 2. The predicted octanol–water partition coefficient (Wildman–Crippen LogP) is 2.39. The van der Waals surface area contributed by atoms with Gasteiger partial charge in [-0.3, -0.25) is 0 Å². The quantitative estimate of drug-likeness (QED) is 0.862. The van der Waals surface area contributed by atoms with E-state index < -0.39 is 11.4 Å². The molecule has 0 aliphatic carbocycles. The van der Waals surface area contributed by atoms with Crippen molar-refractivity contribution < 1.29 is 9.50 Å². The van der Waals surface area contributed by atoms with Crippen molar-refractivity contribution in [2.75, 3.05) is 19.6 Å². The maximum absolute atomic E-state index is 13.0. The second-order valence-corrected chi connectivity index (χ2v) is 4.69. The van der Waals surface area contributed by atoms with E-state index in [9.17, 15) is 9.50 Å². The van der Waals surface area contributed by atoms with Crippen LogP contribution in [0.25, 0.3) is 0 Å². The molecule has 0 radical (unpaired) electrons. The SMILES string of the molecule is CCN1CCC(O)(c2ccc(F)c(Cl)c2)C1. The molecule has 0 saturated carbocycles. The molecular weight excluding hydrogens is 229 g/mol. The van der Waals surface area contributed by atoms with E-state index in [0.29, 0.717) is 18.5 Å². The van der Waals surface area contributed by atoms with Crippen molar-refractivity contribution in [3.8, 4) is 0 Å². The highest BCUT2D eigenvalue weighted by Gasteiger charge is 2.37. The molecule has 2 nitrogen and oxygen atoms in total. The fourth-order valence-electron chi connectivity index (χ4n) is 2.16. The van der Waals surface area contributed by atoms with Crippen LogP contribution in [0.4, 0.5) is 4.39 Å². The van der Waals surface area contributed by atoms with Crippen molar-refractivity contribution in [1.82, 2.24) is 4.90 Å². The Bertz CT molecular complexity index is 399. The van der Waals surface area contributed by atoms with Crippen molar-refractivity contribution in [1.29, 1.82) is 0 Å². The first kappa shape index (κ1) is 11.8. The fourth-order valence-corrected chi connectivity index (χ4v) is 2.34. The molecule has 1 aromatic rings. The molecule has 0 amide bonds. The fraction of sp³-hybridized carbons (Fsp3) is 0.500. The summed E-state index contributed by atoms with van der Waals surface area (Å²) in [5.41, 5.74) is -0.178. The van der Waals surface area contributed by atoms with Crippen LogP contribution < -0.4 is 0 Å². The van der Waals surface area contributed by atoms with Crippen LogP contribution in [0.2, 0.25) is 5.02 Å². The van der Waals surface area contributed by atoms with Gasteiger partial charge in [0.25, 0.3) is 0 Å². The molecule has 0 aromatic heterocycles. The summed E-state index contributed by atoms with van der Waals surface area (Å²) in [4.78, 5) is 2.16. The molecule has 16 heavy (non-hydrogen) atoms. The number of halogens is 2. The molecule has 1 unspecified atom stereocenters. The lowest BCUT2D eigenvalue weighted by atomic mass is 9.93. The topological polar surface area (TPSA) is 23.5 Å². The number of hydrogen-bond donors (Lipinski definition) is 1. The number of benzene rings is 1. The van der Waals surface area contributed by atoms with Crippen LogP contribution in [0.3, 0.4) is 0 Å². The highest BCUT2D eigenvalue weighted by molar-refractivity contribution is 6.30. The van der Waals surface area contributed by atoms with Crippen LogP contribution in [0.1, 0.15) is 18.9 Å². The molecule has 88 valence electrons. The molecular formula is C12H15ClFNO. The monoisotopic (exact) mass is 243 g/mol. The van der Waals surface area contributed by atoms with E-state index in [1.54, 1.807) is 6.07 Å². The maximum Gasteiger partial charge on any atom is 0.141 e. The van der Waals surface area contributed by atoms with Gasteiger partial charge in [0.05, 0.1) is 5.02 Å². The third kappa shape index (κ3) is 2.08. The van der Waals surface area contributed by atoms with Gasteiger partial charge >= 0.3 is 0 Å². The maximum atomic E-state index is 13.0. The number of nitrogens with zero attached hydrogens (tertiary/aromatic N) is 1. The minimum Gasteiger partial charge on any atom is -0.384 e. The Morgan fingerprint density at radius 3 is 2.88 bits per heavy atom. The van der Waals surface area contributed by atoms with Crippen molar-refractivity contribution in [2.45, 2.75) is 18.9 Å². The molecule has 1 aliphatic rings. The molecule has 1 atom stereocenters. The number of aliphatic hydroxyl groups is 1. The average molecular weight is 244 g/mol. The smallest absolute Gasteiger partial charge is 0.141 e. The highest BCUT2D eigenvalue weighted by Crippen LogP contribution is 2.33. The summed E-state index contributed by atoms with van der Waals surface area (Å²) in [5.74, 6) is -0.445. The third-order valence-corrected chi connectivity index (χ3v) is 3.52. The van der Waals surface area contributed by atoms with Gasteiger partial charge in [-0.15, -0.1) is 0 Å². The standard InChI is InChI=1S/C12H15ClFNO/c1-2-15-6-5-12(16,8-15)9-3-4-11(14)10(13)7-9/h3-4,7,16H,2,5-6,8H2,1H3. The predicted molar refractivity (Wildman–Crippen MR) is 62.0 cm³/mol. The van der Waals surface area contributed by atoms with Gasteiger partial charge in [-0.1, -0.05) is 24.6 Å². The molecule has 1 aromatic carbocycles. The Labute approximate surface area is 99.6 Å². The van der Waals surface area contributed by atoms with Crippen LogP contribution in [-0.2, 0) is 5.60 Å². The molecule has 4 heteroatoms. The molecule has 1 saturated heterocycles. The van der Waals surface area contributed by atoms with Gasteiger partial charge < -0.3 is 10.0 Å². The summed E-state index contributed by atoms with van der Waals surface area (Å²) in [6.07, 6.45) is 0.669. The van der Waals surface area contributed by atoms with E-state index in [-0.39, 0.29) is 5.02 Å². The Balaban J connectivity index is 2.27. The summed E-state index contributed by atoms with van der Waals surface area (Å²) in [6, 6.07) is 4.45. The minimum absolute atomic E-state index is 0.0703. The molecule has 1 heterocycles. The normalized spacial score (nSPS) is 26.2. The first-order valence-corrected chi connectivity index (χ1v) is 5.83. The number of hydrogen-bond acceptors (Lipinski definition) is 2. The lowest BCUT2D eigenvalue weighted by Crippen LogP contribution is -2.30. The lowest BCUT2D eigenvalue weighted by Gasteiger charge is -2.23. The number of likely N-dealkylation sites (tertiary alicyclic amines) is 1. The Kier molecular flexibility index (Phi) is 3.19. The van der Waals surface area contributed by atoms with E-state index in [4.69, 9.17) is 11.6 Å². The first-order valence-electron chi connectivity index (χ1n) is 5.45. The average Bonchev–Trinajstić information content (AvgIpc) is 2.66. The summed E-state index contributed by atoms with van der Waals surface area (Å²) in [7, 11) is 0. The van der Waals surface area contributed by atoms with Gasteiger partial charge in [0.2, 0.25) is 0 Å². The van der Waals surface area contributed by atoms with Crippen LogP contribution in [-0.4, -0.2) is 29.6 Å². The third-order valence-electron chi connectivity index (χ3n) is 3.23. The van der Waals surface area contributed by atoms with E-state index in [1.807, 2.05) is 0 Å². The summed E-state index contributed by atoms with van der Waals surface area (Å²) in [6.45, 7) is 4.42. The Hall–Kier alpha value is -0.640. The van der Waals surface area contributed by atoms with Crippen molar-refractivity contribution in [2.24, 2.45) is 0 Å². The van der Waals surface area contributed by atoms with Crippen LogP contribution in [0.5, 0.6) is 0 Å². The first-order chi connectivity index (χ1) is 7.55. The molecule has 1 N–H and O–H groups in total. The van der Waals surface area contributed by atoms with Crippen LogP contribution >= 0.6 is 11.6 Å². The lowest BCUT2D eigenvalue weighted by molar-refractivity contribution is 0.0467. The number of β-amino-alcohol motifs (C(OH)–C–C–N with tert-alkyl or cyclic N) is 1. The van der Waals surface area contributed by atoms with E-state index in [0.717, 1.165) is 13.1 Å². The Morgan fingerprint density at radius 1 is 1.56 bits per heavy atom. The minimum atomic E-state index is -0.882. The largest absolute Gasteiger partial charge is 0.384 e.